The van der Waals surface area contributed by atoms with Gasteiger partial charge in [-0.05, 0) is 55.3 Å². The van der Waals surface area contributed by atoms with E-state index in [1.807, 2.05) is 48.2 Å². The molecule has 172 valence electrons. The van der Waals surface area contributed by atoms with Crippen molar-refractivity contribution in [1.82, 2.24) is 9.78 Å². The van der Waals surface area contributed by atoms with Crippen molar-refractivity contribution in [3.63, 3.8) is 0 Å². The number of allylic oxidation sites excluding steroid dienone is 3. The smallest absolute Gasteiger partial charge is 0.387 e. The number of nitrogens with zero attached hydrogens (tertiary/aromatic N) is 4. The Morgan fingerprint density at radius 3 is 2.55 bits per heavy atom. The molecule has 0 saturated carbocycles. The Morgan fingerprint density at radius 1 is 1.06 bits per heavy atom. The Hall–Kier alpha value is -3.68. The van der Waals surface area contributed by atoms with Gasteiger partial charge in [0.2, 0.25) is 5.88 Å². The first-order chi connectivity index (χ1) is 15.9. The summed E-state index contributed by atoms with van der Waals surface area (Å²) in [5, 5.41) is 12.1. The van der Waals surface area contributed by atoms with Crippen LogP contribution < -0.4 is 9.75 Å². The summed E-state index contributed by atoms with van der Waals surface area (Å²) in [5.74, 6) is 1.11. The Morgan fingerprint density at radius 2 is 1.85 bits per heavy atom. The van der Waals surface area contributed by atoms with Gasteiger partial charge < -0.3 is 9.47 Å². The molecule has 1 aliphatic rings. The molecule has 0 atom stereocenters. The summed E-state index contributed by atoms with van der Waals surface area (Å²) in [5.41, 5.74) is 3.24. The molecule has 1 aromatic heterocycles. The Bertz CT molecular complexity index is 1200. The van der Waals surface area contributed by atoms with E-state index < -0.39 is 6.61 Å². The number of alkyl halides is 2. The Labute approximate surface area is 191 Å². The number of hydrazone groups is 1. The minimum absolute atomic E-state index is 0.0803. The van der Waals surface area contributed by atoms with Crippen LogP contribution in [0.25, 0.3) is 10.9 Å². The normalized spacial score (nSPS) is 14.0. The summed E-state index contributed by atoms with van der Waals surface area (Å²) in [4.78, 5) is 0. The minimum atomic E-state index is -2.87. The Balaban J connectivity index is 1.69. The number of fused-ring (bicyclic) bond motifs is 1. The van der Waals surface area contributed by atoms with Crippen LogP contribution in [0.2, 0.25) is 0 Å². The van der Waals surface area contributed by atoms with Gasteiger partial charge in [-0.15, -0.1) is 0 Å². The zero-order chi connectivity index (χ0) is 23.4. The number of hydrogen-bond acceptors (Lipinski definition) is 5. The maximum Gasteiger partial charge on any atom is 0.387 e. The van der Waals surface area contributed by atoms with Gasteiger partial charge in [0.1, 0.15) is 5.75 Å². The first-order valence-electron chi connectivity index (χ1n) is 10.9. The highest BCUT2D eigenvalue weighted by atomic mass is 19.3. The highest BCUT2D eigenvalue weighted by Gasteiger charge is 2.17. The largest absolute Gasteiger partial charge is 0.478 e. The lowest BCUT2D eigenvalue weighted by atomic mass is 10.1. The van der Waals surface area contributed by atoms with Crippen molar-refractivity contribution in [2.45, 2.75) is 33.9 Å². The van der Waals surface area contributed by atoms with Gasteiger partial charge in [0.15, 0.2) is 0 Å². The molecule has 0 N–H and O–H groups in total. The fourth-order valence-corrected chi connectivity index (χ4v) is 3.55. The average Bonchev–Trinajstić information content (AvgIpc) is 3.04. The van der Waals surface area contributed by atoms with Crippen molar-refractivity contribution in [2.75, 3.05) is 11.6 Å². The van der Waals surface area contributed by atoms with Gasteiger partial charge in [-0.2, -0.15) is 19.0 Å². The highest BCUT2D eigenvalue weighted by Crippen LogP contribution is 2.27. The van der Waals surface area contributed by atoms with Crippen LogP contribution in [-0.4, -0.2) is 28.7 Å². The van der Waals surface area contributed by atoms with E-state index in [0.29, 0.717) is 24.1 Å². The van der Waals surface area contributed by atoms with E-state index in [0.717, 1.165) is 28.7 Å². The monoisotopic (exact) mass is 452 g/mol. The summed E-state index contributed by atoms with van der Waals surface area (Å²) in [6.07, 6.45) is 7.66. The maximum atomic E-state index is 12.5. The second-order valence-electron chi connectivity index (χ2n) is 7.99. The topological polar surface area (TPSA) is 51.9 Å². The molecule has 0 fully saturated rings. The van der Waals surface area contributed by atoms with E-state index in [1.165, 1.54) is 12.1 Å². The van der Waals surface area contributed by atoms with Crippen molar-refractivity contribution in [3.05, 3.63) is 78.3 Å². The van der Waals surface area contributed by atoms with Crippen molar-refractivity contribution in [3.8, 4) is 5.75 Å². The minimum Gasteiger partial charge on any atom is -0.478 e. The predicted octanol–water partition coefficient (Wildman–Crippen LogP) is 5.95. The number of anilines is 1. The summed E-state index contributed by atoms with van der Waals surface area (Å²) in [6.45, 7) is 4.64. The van der Waals surface area contributed by atoms with Crippen LogP contribution in [0.15, 0.2) is 77.9 Å². The molecular weight excluding hydrogens is 426 g/mol. The van der Waals surface area contributed by atoms with Crippen LogP contribution in [0, 0.1) is 5.92 Å². The second kappa shape index (κ2) is 9.85. The Kier molecular flexibility index (Phi) is 6.72. The SMILES string of the molecule is CCOC1=CC=CC(c2ccc3nn(CC(C)C)cc3c2)=NN1c1ccc(OC(F)F)cc1. The fraction of sp³-hybridized carbons (Fsp3) is 0.280. The molecule has 0 spiro atoms. The standard InChI is InChI=1S/C25H26F2N4O2/c1-4-32-24-7-5-6-22(29-31(24)20-9-11-21(12-10-20)33-25(26)27)18-8-13-23-19(14-18)16-30(28-23)15-17(2)3/h5-14,16-17,25H,4,15H2,1-3H3. The predicted molar refractivity (Wildman–Crippen MR) is 126 cm³/mol. The van der Waals surface area contributed by atoms with Crippen LogP contribution in [0.3, 0.4) is 0 Å². The molecule has 2 aromatic carbocycles. The van der Waals surface area contributed by atoms with Crippen LogP contribution >= 0.6 is 0 Å². The summed E-state index contributed by atoms with van der Waals surface area (Å²) >= 11 is 0. The van der Waals surface area contributed by atoms with Gasteiger partial charge in [0, 0.05) is 29.8 Å². The zero-order valence-electron chi connectivity index (χ0n) is 18.8. The second-order valence-corrected chi connectivity index (χ2v) is 7.99. The van der Waals surface area contributed by atoms with Crippen LogP contribution in [-0.2, 0) is 11.3 Å². The number of aromatic nitrogens is 2. The molecule has 0 radical (unpaired) electrons. The molecule has 0 amide bonds. The van der Waals surface area contributed by atoms with Gasteiger partial charge in [0.05, 0.1) is 23.5 Å². The molecule has 0 bridgehead atoms. The van der Waals surface area contributed by atoms with Crippen molar-refractivity contribution >= 4 is 22.3 Å². The number of rotatable bonds is 8. The van der Waals surface area contributed by atoms with Crippen molar-refractivity contribution < 1.29 is 18.3 Å². The molecule has 6 nitrogen and oxygen atoms in total. The lowest BCUT2D eigenvalue weighted by Crippen LogP contribution is -2.19. The van der Waals surface area contributed by atoms with Crippen LogP contribution in [0.1, 0.15) is 26.3 Å². The molecule has 2 heterocycles. The van der Waals surface area contributed by atoms with Crippen molar-refractivity contribution in [2.24, 2.45) is 11.0 Å². The zero-order valence-corrected chi connectivity index (χ0v) is 18.8. The van der Waals surface area contributed by atoms with E-state index in [4.69, 9.17) is 9.84 Å². The molecule has 8 heteroatoms. The number of ether oxygens (including phenoxy) is 2. The maximum absolute atomic E-state index is 12.5. The number of hydrogen-bond donors (Lipinski definition) is 0. The lowest BCUT2D eigenvalue weighted by Gasteiger charge is -2.22. The summed E-state index contributed by atoms with van der Waals surface area (Å²) in [6, 6.07) is 12.3. The van der Waals surface area contributed by atoms with E-state index in [1.54, 1.807) is 17.1 Å². The van der Waals surface area contributed by atoms with Gasteiger partial charge in [0.25, 0.3) is 0 Å². The first-order valence-corrected chi connectivity index (χ1v) is 10.9. The third kappa shape index (κ3) is 5.39. The third-order valence-corrected chi connectivity index (χ3v) is 4.91. The van der Waals surface area contributed by atoms with Crippen LogP contribution in [0.5, 0.6) is 5.75 Å². The molecule has 1 aliphatic heterocycles. The summed E-state index contributed by atoms with van der Waals surface area (Å²) < 4.78 is 37.2. The molecule has 33 heavy (non-hydrogen) atoms. The van der Waals surface area contributed by atoms with E-state index in [2.05, 4.69) is 29.7 Å². The van der Waals surface area contributed by atoms with E-state index in [-0.39, 0.29) is 5.75 Å². The molecule has 0 unspecified atom stereocenters. The molecule has 4 rings (SSSR count). The molecule has 0 saturated heterocycles. The molecule has 3 aromatic rings. The third-order valence-electron chi connectivity index (χ3n) is 4.91. The van der Waals surface area contributed by atoms with Crippen LogP contribution in [0.4, 0.5) is 14.5 Å². The van der Waals surface area contributed by atoms with Gasteiger partial charge in [-0.25, -0.2) is 5.01 Å². The van der Waals surface area contributed by atoms with Gasteiger partial charge in [-0.1, -0.05) is 26.0 Å². The number of halogens is 2. The molecular formula is C25H26F2N4O2. The van der Waals surface area contributed by atoms with Crippen molar-refractivity contribution in [1.29, 1.82) is 0 Å². The first kappa shape index (κ1) is 22.5. The quantitative estimate of drug-likeness (QED) is 0.424. The lowest BCUT2D eigenvalue weighted by molar-refractivity contribution is -0.0498. The fourth-order valence-electron chi connectivity index (χ4n) is 3.55. The average molecular weight is 453 g/mol. The van der Waals surface area contributed by atoms with Gasteiger partial charge in [-0.3, -0.25) is 4.68 Å². The summed E-state index contributed by atoms with van der Waals surface area (Å²) in [7, 11) is 0. The number of benzene rings is 2. The molecule has 0 aliphatic carbocycles. The van der Waals surface area contributed by atoms with E-state index in [9.17, 15) is 8.78 Å². The van der Waals surface area contributed by atoms with Gasteiger partial charge >= 0.3 is 6.61 Å². The highest BCUT2D eigenvalue weighted by molar-refractivity contribution is 6.11. The van der Waals surface area contributed by atoms with E-state index >= 15 is 0 Å².